The van der Waals surface area contributed by atoms with Crippen LogP contribution in [0.4, 0.5) is 0 Å². The predicted molar refractivity (Wildman–Crippen MR) is 110 cm³/mol. The number of aromatic amines is 1. The van der Waals surface area contributed by atoms with Gasteiger partial charge in [0, 0.05) is 0 Å². The molecule has 3 rings (SSSR count). The molecule has 156 valence electrons. The van der Waals surface area contributed by atoms with E-state index in [1.165, 1.54) is 6.08 Å². The maximum atomic E-state index is 12.6. The molecule has 29 heavy (non-hydrogen) atoms. The van der Waals surface area contributed by atoms with Crippen LogP contribution in [0.3, 0.4) is 0 Å². The highest BCUT2D eigenvalue weighted by Crippen LogP contribution is 2.28. The first-order valence-corrected chi connectivity index (χ1v) is 10.5. The summed E-state index contributed by atoms with van der Waals surface area (Å²) in [4.78, 5) is 47.1. The minimum atomic E-state index is -0.479. The number of piperidine rings is 1. The molecule has 2 aromatic rings. The Morgan fingerprint density at radius 3 is 2.72 bits per heavy atom. The minimum absolute atomic E-state index is 0.0650. The van der Waals surface area contributed by atoms with Crippen molar-refractivity contribution >= 4 is 33.5 Å². The zero-order valence-corrected chi connectivity index (χ0v) is 17.5. The van der Waals surface area contributed by atoms with Gasteiger partial charge in [0.2, 0.25) is 0 Å². The summed E-state index contributed by atoms with van der Waals surface area (Å²) < 4.78 is 10.2. The monoisotopic (exact) mass is 419 g/mol. The van der Waals surface area contributed by atoms with Crippen LogP contribution in [0.25, 0.3) is 10.2 Å². The summed E-state index contributed by atoms with van der Waals surface area (Å²) in [6, 6.07) is 0. The van der Waals surface area contributed by atoms with E-state index in [-0.39, 0.29) is 24.1 Å². The number of carbonyl (C=O) groups is 2. The van der Waals surface area contributed by atoms with Crippen molar-refractivity contribution in [2.75, 3.05) is 26.3 Å². The van der Waals surface area contributed by atoms with Gasteiger partial charge < -0.3 is 14.5 Å². The highest BCUT2D eigenvalue weighted by molar-refractivity contribution is 7.20. The average molecular weight is 420 g/mol. The van der Waals surface area contributed by atoms with Crippen LogP contribution < -0.4 is 5.56 Å². The van der Waals surface area contributed by atoms with Crippen molar-refractivity contribution in [3.63, 3.8) is 0 Å². The molecule has 0 unspecified atom stereocenters. The molecule has 0 bridgehead atoms. The van der Waals surface area contributed by atoms with Crippen LogP contribution in [0, 0.1) is 12.8 Å². The van der Waals surface area contributed by atoms with Crippen LogP contribution in [0.2, 0.25) is 0 Å². The maximum absolute atomic E-state index is 12.6. The Bertz CT molecular complexity index is 972. The number of likely N-dealkylation sites (tertiary alicyclic amines) is 1. The molecule has 0 spiro atoms. The Hall–Kier alpha value is -2.52. The smallest absolute Gasteiger partial charge is 0.348 e. The van der Waals surface area contributed by atoms with E-state index in [9.17, 15) is 14.4 Å². The van der Waals surface area contributed by atoms with Crippen LogP contribution in [-0.2, 0) is 20.8 Å². The summed E-state index contributed by atoms with van der Waals surface area (Å²) in [6.07, 6.45) is 2.94. The number of nitrogens with one attached hydrogen (secondary N) is 1. The van der Waals surface area contributed by atoms with Crippen molar-refractivity contribution in [1.82, 2.24) is 14.9 Å². The van der Waals surface area contributed by atoms with Crippen molar-refractivity contribution in [1.29, 1.82) is 0 Å². The van der Waals surface area contributed by atoms with E-state index in [1.807, 2.05) is 6.92 Å². The molecule has 1 N–H and O–H groups in total. The minimum Gasteiger partial charge on any atom is -0.466 e. The molecule has 0 radical (unpaired) electrons. The van der Waals surface area contributed by atoms with E-state index in [0.717, 1.165) is 37.3 Å². The van der Waals surface area contributed by atoms with Gasteiger partial charge in [-0.2, -0.15) is 0 Å². The van der Waals surface area contributed by atoms with Crippen molar-refractivity contribution in [2.24, 2.45) is 5.92 Å². The Morgan fingerprint density at radius 2 is 2.07 bits per heavy atom. The molecule has 1 aliphatic heterocycles. The Balaban J connectivity index is 1.73. The average Bonchev–Trinajstić information content (AvgIpc) is 3.03. The van der Waals surface area contributed by atoms with Crippen molar-refractivity contribution in [3.05, 3.63) is 39.3 Å². The first kappa shape index (κ1) is 21.2. The summed E-state index contributed by atoms with van der Waals surface area (Å²) in [5, 5.41) is 0.422. The summed E-state index contributed by atoms with van der Waals surface area (Å²) in [7, 11) is 0. The molecular weight excluding hydrogens is 394 g/mol. The van der Waals surface area contributed by atoms with Crippen LogP contribution in [-0.4, -0.2) is 53.1 Å². The number of ether oxygens (including phenoxy) is 2. The van der Waals surface area contributed by atoms with E-state index in [0.29, 0.717) is 39.6 Å². The third kappa shape index (κ3) is 4.73. The number of rotatable bonds is 7. The number of aromatic nitrogens is 2. The molecule has 0 atom stereocenters. The summed E-state index contributed by atoms with van der Waals surface area (Å²) in [5.41, 5.74) is 0.317. The summed E-state index contributed by atoms with van der Waals surface area (Å²) in [5.74, 6) is -0.133. The van der Waals surface area contributed by atoms with Gasteiger partial charge in [-0.3, -0.25) is 14.5 Å². The van der Waals surface area contributed by atoms with E-state index < -0.39 is 5.97 Å². The molecule has 1 aliphatic rings. The Kier molecular flexibility index (Phi) is 6.81. The largest absolute Gasteiger partial charge is 0.466 e. The molecule has 1 fully saturated rings. The van der Waals surface area contributed by atoms with Crippen LogP contribution in [0.1, 0.15) is 40.8 Å². The maximum Gasteiger partial charge on any atom is 0.348 e. The number of H-pyrrole nitrogens is 1. The van der Waals surface area contributed by atoms with Crippen LogP contribution in [0.5, 0.6) is 0 Å². The lowest BCUT2D eigenvalue weighted by Crippen LogP contribution is -2.37. The highest BCUT2D eigenvalue weighted by Gasteiger charge is 2.27. The van der Waals surface area contributed by atoms with Gasteiger partial charge in [0.05, 0.1) is 24.5 Å². The second kappa shape index (κ2) is 9.32. The molecule has 0 aliphatic carbocycles. The second-order valence-electron chi connectivity index (χ2n) is 6.94. The molecule has 2 aromatic heterocycles. The number of hydrogen-bond acceptors (Lipinski definition) is 8. The fraction of sp³-hybridized carbons (Fsp3) is 0.500. The van der Waals surface area contributed by atoms with Crippen molar-refractivity contribution in [3.8, 4) is 0 Å². The van der Waals surface area contributed by atoms with E-state index in [4.69, 9.17) is 9.47 Å². The molecule has 8 nitrogen and oxygen atoms in total. The van der Waals surface area contributed by atoms with Gasteiger partial charge in [-0.1, -0.05) is 12.7 Å². The molecule has 0 amide bonds. The number of thiophene rings is 1. The second-order valence-corrected chi connectivity index (χ2v) is 7.94. The lowest BCUT2D eigenvalue weighted by atomic mass is 9.97. The molecule has 3 heterocycles. The molecule has 1 saturated heterocycles. The predicted octanol–water partition coefficient (Wildman–Crippen LogP) is 2.41. The topological polar surface area (TPSA) is 102 Å². The number of aryl methyl sites for hydroxylation is 1. The fourth-order valence-electron chi connectivity index (χ4n) is 3.46. The molecular formula is C20H25N3O5S. The molecule has 0 aromatic carbocycles. The lowest BCUT2D eigenvalue weighted by molar-refractivity contribution is -0.149. The van der Waals surface area contributed by atoms with Crippen molar-refractivity contribution < 1.29 is 19.1 Å². The Morgan fingerprint density at radius 1 is 1.34 bits per heavy atom. The van der Waals surface area contributed by atoms with Gasteiger partial charge in [0.1, 0.15) is 22.1 Å². The normalized spacial score (nSPS) is 15.4. The van der Waals surface area contributed by atoms with E-state index in [2.05, 4.69) is 21.4 Å². The van der Waals surface area contributed by atoms with Gasteiger partial charge in [-0.15, -0.1) is 11.3 Å². The van der Waals surface area contributed by atoms with Gasteiger partial charge in [0.15, 0.2) is 0 Å². The highest BCUT2D eigenvalue weighted by atomic mass is 32.1. The number of nitrogens with zero attached hydrogens (tertiary/aromatic N) is 2. The third-order valence-electron chi connectivity index (χ3n) is 4.95. The molecule has 9 heteroatoms. The zero-order valence-electron chi connectivity index (χ0n) is 16.7. The van der Waals surface area contributed by atoms with Crippen molar-refractivity contribution in [2.45, 2.75) is 33.2 Å². The standard InChI is InChI=1S/C20H25N3O5S/c1-4-10-28-20(26)16-12(3)15-17(24)21-14(22-18(15)29-16)11-23-8-6-13(7-9-23)19(25)27-5-2/h4,13H,1,5-11H2,2-3H3,(H,21,22,24). The first-order chi connectivity index (χ1) is 13.9. The quantitative estimate of drug-likeness (QED) is 0.543. The van der Waals surface area contributed by atoms with Gasteiger partial charge >= 0.3 is 11.9 Å². The lowest BCUT2D eigenvalue weighted by Gasteiger charge is -2.30. The van der Waals surface area contributed by atoms with E-state index >= 15 is 0 Å². The van der Waals surface area contributed by atoms with Crippen LogP contribution >= 0.6 is 11.3 Å². The zero-order chi connectivity index (χ0) is 21.0. The van der Waals surface area contributed by atoms with Gasteiger partial charge in [0.25, 0.3) is 5.56 Å². The third-order valence-corrected chi connectivity index (χ3v) is 6.11. The summed E-state index contributed by atoms with van der Waals surface area (Å²) >= 11 is 1.16. The SMILES string of the molecule is C=CCOC(=O)c1sc2nc(CN3CCC(C(=O)OCC)CC3)[nH]c(=O)c2c1C. The van der Waals surface area contributed by atoms with Crippen LogP contribution in [0.15, 0.2) is 17.4 Å². The number of fused-ring (bicyclic) bond motifs is 1. The van der Waals surface area contributed by atoms with Gasteiger partial charge in [-0.25, -0.2) is 9.78 Å². The number of esters is 2. The molecule has 0 saturated carbocycles. The first-order valence-electron chi connectivity index (χ1n) is 9.63. The Labute approximate surface area is 172 Å². The number of carbonyl (C=O) groups excluding carboxylic acids is 2. The van der Waals surface area contributed by atoms with E-state index in [1.54, 1.807) is 6.92 Å². The fourth-order valence-corrected chi connectivity index (χ4v) is 4.55. The summed E-state index contributed by atoms with van der Waals surface area (Å²) in [6.45, 7) is 9.51. The van der Waals surface area contributed by atoms with Gasteiger partial charge in [-0.05, 0) is 45.3 Å². The number of hydrogen-bond donors (Lipinski definition) is 1.